The number of halogens is 2. The van der Waals surface area contributed by atoms with Crippen molar-refractivity contribution in [2.24, 2.45) is 0 Å². The molecule has 0 bridgehead atoms. The summed E-state index contributed by atoms with van der Waals surface area (Å²) in [7, 11) is 0. The maximum Gasteiger partial charge on any atom is 0.0702 e. The molecular formula is C15H11Br2N3. The second kappa shape index (κ2) is 5.89. The van der Waals surface area contributed by atoms with Gasteiger partial charge in [-0.15, -0.1) is 0 Å². The second-order valence-electron chi connectivity index (χ2n) is 4.36. The lowest BCUT2D eigenvalue weighted by Crippen LogP contribution is -2.01. The van der Waals surface area contributed by atoms with Crippen molar-refractivity contribution in [1.29, 1.82) is 0 Å². The van der Waals surface area contributed by atoms with E-state index in [1.807, 2.05) is 18.3 Å². The van der Waals surface area contributed by atoms with Crippen LogP contribution in [0.3, 0.4) is 0 Å². The number of nitrogens with one attached hydrogen (secondary N) is 1. The van der Waals surface area contributed by atoms with Crippen LogP contribution in [0.4, 0.5) is 5.69 Å². The van der Waals surface area contributed by atoms with Gasteiger partial charge in [0.25, 0.3) is 0 Å². The van der Waals surface area contributed by atoms with E-state index < -0.39 is 0 Å². The largest absolute Gasteiger partial charge is 0.379 e. The van der Waals surface area contributed by atoms with Crippen LogP contribution in [-0.2, 0) is 6.54 Å². The smallest absolute Gasteiger partial charge is 0.0702 e. The van der Waals surface area contributed by atoms with Crippen LogP contribution < -0.4 is 5.32 Å². The first-order valence-electron chi connectivity index (χ1n) is 6.10. The molecule has 2 aromatic heterocycles. The molecule has 1 aromatic carbocycles. The Hall–Kier alpha value is -1.46. The maximum atomic E-state index is 4.33. The summed E-state index contributed by atoms with van der Waals surface area (Å²) in [5, 5.41) is 4.56. The van der Waals surface area contributed by atoms with Crippen LogP contribution >= 0.6 is 31.9 Å². The van der Waals surface area contributed by atoms with Gasteiger partial charge in [0.2, 0.25) is 0 Å². The Balaban J connectivity index is 1.83. The predicted molar refractivity (Wildman–Crippen MR) is 88.7 cm³/mol. The Morgan fingerprint density at radius 2 is 1.85 bits per heavy atom. The first-order chi connectivity index (χ1) is 9.74. The Labute approximate surface area is 133 Å². The first kappa shape index (κ1) is 13.5. The first-order valence-corrected chi connectivity index (χ1v) is 7.69. The molecule has 0 spiro atoms. The van der Waals surface area contributed by atoms with E-state index in [9.17, 15) is 0 Å². The second-order valence-corrected chi connectivity index (χ2v) is 6.07. The highest BCUT2D eigenvalue weighted by molar-refractivity contribution is 9.11. The van der Waals surface area contributed by atoms with Gasteiger partial charge in [0.1, 0.15) is 0 Å². The van der Waals surface area contributed by atoms with E-state index in [-0.39, 0.29) is 0 Å². The highest BCUT2D eigenvalue weighted by atomic mass is 79.9. The summed E-state index contributed by atoms with van der Waals surface area (Å²) in [5.41, 5.74) is 3.23. The van der Waals surface area contributed by atoms with Crippen molar-refractivity contribution in [2.45, 2.75) is 6.54 Å². The minimum Gasteiger partial charge on any atom is -0.379 e. The van der Waals surface area contributed by atoms with Crippen molar-refractivity contribution in [3.8, 4) is 0 Å². The number of aromatic nitrogens is 2. The number of hydrogen-bond acceptors (Lipinski definition) is 3. The summed E-state index contributed by atoms with van der Waals surface area (Å²) in [6.45, 7) is 0.742. The molecule has 0 saturated heterocycles. The minimum atomic E-state index is 0.742. The average Bonchev–Trinajstić information content (AvgIpc) is 2.46. The van der Waals surface area contributed by atoms with Gasteiger partial charge in [-0.3, -0.25) is 9.97 Å². The average molecular weight is 393 g/mol. The Bertz CT molecular complexity index is 739. The quantitative estimate of drug-likeness (QED) is 0.697. The number of rotatable bonds is 3. The summed E-state index contributed by atoms with van der Waals surface area (Å²) in [4.78, 5) is 8.42. The van der Waals surface area contributed by atoms with Crippen LogP contribution in [0.25, 0.3) is 10.9 Å². The van der Waals surface area contributed by atoms with Crippen molar-refractivity contribution < 1.29 is 0 Å². The Kier molecular flexibility index (Phi) is 3.98. The molecule has 3 rings (SSSR count). The monoisotopic (exact) mass is 391 g/mol. The molecular weight excluding hydrogens is 382 g/mol. The highest BCUT2D eigenvalue weighted by Crippen LogP contribution is 2.29. The zero-order chi connectivity index (χ0) is 13.9. The number of pyridine rings is 2. The summed E-state index contributed by atoms with van der Waals surface area (Å²) in [6, 6.07) is 10.3. The fourth-order valence-electron chi connectivity index (χ4n) is 2.01. The van der Waals surface area contributed by atoms with E-state index in [0.717, 1.165) is 32.1 Å². The molecule has 3 aromatic rings. The topological polar surface area (TPSA) is 37.8 Å². The molecule has 3 nitrogen and oxygen atoms in total. The number of hydrogen-bond donors (Lipinski definition) is 1. The fourth-order valence-corrected chi connectivity index (χ4v) is 3.22. The van der Waals surface area contributed by atoms with Crippen LogP contribution in [0.5, 0.6) is 0 Å². The maximum absolute atomic E-state index is 4.33. The lowest BCUT2D eigenvalue weighted by atomic mass is 10.1. The molecule has 0 amide bonds. The molecule has 0 aliphatic rings. The lowest BCUT2D eigenvalue weighted by Gasteiger charge is -2.10. The Morgan fingerprint density at radius 1 is 1.05 bits per heavy atom. The predicted octanol–water partition coefficient (Wildman–Crippen LogP) is 4.77. The summed E-state index contributed by atoms with van der Waals surface area (Å²) >= 11 is 6.99. The number of nitrogens with zero attached hydrogens (tertiary/aromatic N) is 2. The number of fused-ring (bicyclic) bond motifs is 1. The SMILES string of the molecule is Brc1cncc(Br)c1NCc1ccc2ncccc2c1. The van der Waals surface area contributed by atoms with Crippen LogP contribution in [0.1, 0.15) is 5.56 Å². The van der Waals surface area contributed by atoms with E-state index in [0.29, 0.717) is 0 Å². The van der Waals surface area contributed by atoms with E-state index >= 15 is 0 Å². The molecule has 2 heterocycles. The van der Waals surface area contributed by atoms with Gasteiger partial charge in [0.15, 0.2) is 0 Å². The summed E-state index contributed by atoms with van der Waals surface area (Å²) in [6.07, 6.45) is 5.36. The van der Waals surface area contributed by atoms with Gasteiger partial charge in [0.05, 0.1) is 20.1 Å². The standard InChI is InChI=1S/C15H11Br2N3/c16-12-8-18-9-13(17)15(12)20-7-10-3-4-14-11(6-10)2-1-5-19-14/h1-6,8-9H,7H2,(H,18,20). The van der Waals surface area contributed by atoms with Gasteiger partial charge in [-0.05, 0) is 55.6 Å². The summed E-state index contributed by atoms with van der Waals surface area (Å²) < 4.78 is 1.88. The molecule has 0 unspecified atom stereocenters. The van der Waals surface area contributed by atoms with Gasteiger partial charge < -0.3 is 5.32 Å². The zero-order valence-corrected chi connectivity index (χ0v) is 13.6. The van der Waals surface area contributed by atoms with Gasteiger partial charge in [-0.1, -0.05) is 12.1 Å². The molecule has 0 aliphatic carbocycles. The van der Waals surface area contributed by atoms with Crippen molar-refractivity contribution in [1.82, 2.24) is 9.97 Å². The van der Waals surface area contributed by atoms with Gasteiger partial charge in [0, 0.05) is 30.5 Å². The summed E-state index contributed by atoms with van der Waals surface area (Å²) in [5.74, 6) is 0. The minimum absolute atomic E-state index is 0.742. The molecule has 0 radical (unpaired) electrons. The Morgan fingerprint density at radius 3 is 2.65 bits per heavy atom. The normalized spacial score (nSPS) is 10.7. The van der Waals surface area contributed by atoms with Crippen molar-refractivity contribution in [2.75, 3.05) is 5.32 Å². The zero-order valence-electron chi connectivity index (χ0n) is 10.5. The van der Waals surface area contributed by atoms with Crippen molar-refractivity contribution >= 4 is 48.5 Å². The highest BCUT2D eigenvalue weighted by Gasteiger charge is 2.05. The third-order valence-corrected chi connectivity index (χ3v) is 4.19. The molecule has 1 N–H and O–H groups in total. The van der Waals surface area contributed by atoms with E-state index in [1.54, 1.807) is 12.4 Å². The van der Waals surface area contributed by atoms with Gasteiger partial charge >= 0.3 is 0 Å². The molecule has 100 valence electrons. The fraction of sp³-hybridized carbons (Fsp3) is 0.0667. The third kappa shape index (κ3) is 2.83. The molecule has 20 heavy (non-hydrogen) atoms. The lowest BCUT2D eigenvalue weighted by molar-refractivity contribution is 1.13. The van der Waals surface area contributed by atoms with E-state index in [1.165, 1.54) is 5.56 Å². The third-order valence-electron chi connectivity index (χ3n) is 2.99. The van der Waals surface area contributed by atoms with E-state index in [2.05, 4.69) is 65.3 Å². The number of benzene rings is 1. The molecule has 0 aliphatic heterocycles. The van der Waals surface area contributed by atoms with Crippen LogP contribution in [0.15, 0.2) is 57.9 Å². The van der Waals surface area contributed by atoms with E-state index in [4.69, 9.17) is 0 Å². The van der Waals surface area contributed by atoms with Crippen LogP contribution in [0, 0.1) is 0 Å². The van der Waals surface area contributed by atoms with Crippen LogP contribution in [-0.4, -0.2) is 9.97 Å². The number of anilines is 1. The van der Waals surface area contributed by atoms with Crippen molar-refractivity contribution in [3.63, 3.8) is 0 Å². The molecule has 0 fully saturated rings. The van der Waals surface area contributed by atoms with Gasteiger partial charge in [-0.25, -0.2) is 0 Å². The molecule has 0 saturated carbocycles. The van der Waals surface area contributed by atoms with Crippen LogP contribution in [0.2, 0.25) is 0 Å². The molecule has 5 heteroatoms. The van der Waals surface area contributed by atoms with Crippen molar-refractivity contribution in [3.05, 3.63) is 63.4 Å². The van der Waals surface area contributed by atoms with Gasteiger partial charge in [-0.2, -0.15) is 0 Å². The molecule has 0 atom stereocenters.